The molecule has 0 aliphatic heterocycles. The van der Waals surface area contributed by atoms with E-state index in [1.807, 2.05) is 43.3 Å². The van der Waals surface area contributed by atoms with Crippen LogP contribution in [0.4, 0.5) is 0 Å². The molecule has 5 heteroatoms. The van der Waals surface area contributed by atoms with Crippen molar-refractivity contribution in [2.45, 2.75) is 32.9 Å². The van der Waals surface area contributed by atoms with Crippen LogP contribution in [0.1, 0.15) is 23.6 Å². The highest BCUT2D eigenvalue weighted by molar-refractivity contribution is 6.30. The SMILES string of the molecule is CNC(=O)C(C)N(Cc1cccc(C)c1)C(=O)Cc1cccc(Cl)c1. The molecule has 1 atom stereocenters. The molecule has 2 amide bonds. The Morgan fingerprint density at radius 2 is 1.80 bits per heavy atom. The van der Waals surface area contributed by atoms with Gasteiger partial charge in [-0.25, -0.2) is 0 Å². The molecule has 0 aromatic heterocycles. The van der Waals surface area contributed by atoms with Gasteiger partial charge in [0.05, 0.1) is 6.42 Å². The topological polar surface area (TPSA) is 49.4 Å². The summed E-state index contributed by atoms with van der Waals surface area (Å²) in [5, 5.41) is 3.21. The molecule has 0 aliphatic rings. The van der Waals surface area contributed by atoms with Crippen LogP contribution in [0, 0.1) is 6.92 Å². The molecule has 0 fully saturated rings. The highest BCUT2D eigenvalue weighted by atomic mass is 35.5. The molecular weight excluding hydrogens is 336 g/mol. The number of aryl methyl sites for hydroxylation is 1. The molecular formula is C20H23ClN2O2. The van der Waals surface area contributed by atoms with E-state index in [1.54, 1.807) is 31.0 Å². The van der Waals surface area contributed by atoms with Crippen LogP contribution in [0.5, 0.6) is 0 Å². The number of carbonyl (C=O) groups excluding carboxylic acids is 2. The second-order valence-corrected chi connectivity index (χ2v) is 6.54. The average Bonchev–Trinajstić information content (AvgIpc) is 2.58. The number of rotatable bonds is 6. The van der Waals surface area contributed by atoms with E-state index in [2.05, 4.69) is 5.32 Å². The maximum Gasteiger partial charge on any atom is 0.242 e. The summed E-state index contributed by atoms with van der Waals surface area (Å²) in [5.41, 5.74) is 2.94. The van der Waals surface area contributed by atoms with Crippen LogP contribution in [0.15, 0.2) is 48.5 Å². The zero-order valence-corrected chi connectivity index (χ0v) is 15.5. The summed E-state index contributed by atoms with van der Waals surface area (Å²) in [6.07, 6.45) is 0.202. The average molecular weight is 359 g/mol. The zero-order chi connectivity index (χ0) is 18.4. The van der Waals surface area contributed by atoms with Crippen molar-refractivity contribution in [3.63, 3.8) is 0 Å². The number of carbonyl (C=O) groups is 2. The molecule has 0 heterocycles. The molecule has 132 valence electrons. The Morgan fingerprint density at radius 1 is 1.12 bits per heavy atom. The number of hydrogen-bond donors (Lipinski definition) is 1. The summed E-state index contributed by atoms with van der Waals surface area (Å²) in [5.74, 6) is -0.299. The Hall–Kier alpha value is -2.33. The normalized spacial score (nSPS) is 11.7. The quantitative estimate of drug-likeness (QED) is 0.860. The fraction of sp³-hybridized carbons (Fsp3) is 0.300. The summed E-state index contributed by atoms with van der Waals surface area (Å²) in [6, 6.07) is 14.6. The molecule has 0 radical (unpaired) electrons. The molecule has 0 saturated carbocycles. The molecule has 2 rings (SSSR count). The van der Waals surface area contributed by atoms with Gasteiger partial charge in [-0.15, -0.1) is 0 Å². The lowest BCUT2D eigenvalue weighted by Gasteiger charge is -2.28. The van der Waals surface area contributed by atoms with Crippen LogP contribution < -0.4 is 5.32 Å². The van der Waals surface area contributed by atoms with E-state index in [-0.39, 0.29) is 18.2 Å². The first-order valence-corrected chi connectivity index (χ1v) is 8.59. The standard InChI is InChI=1S/C20H23ClN2O2/c1-14-6-4-8-17(10-14)13-23(15(2)20(25)22-3)19(24)12-16-7-5-9-18(21)11-16/h4-11,15H,12-13H2,1-3H3,(H,22,25). The fourth-order valence-corrected chi connectivity index (χ4v) is 2.93. The predicted molar refractivity (Wildman–Crippen MR) is 100 cm³/mol. The van der Waals surface area contributed by atoms with Gasteiger partial charge >= 0.3 is 0 Å². The summed E-state index contributed by atoms with van der Waals surface area (Å²) in [6.45, 7) is 4.13. The van der Waals surface area contributed by atoms with Gasteiger partial charge in [-0.3, -0.25) is 9.59 Å². The molecule has 1 N–H and O–H groups in total. The van der Waals surface area contributed by atoms with Gasteiger partial charge in [0.25, 0.3) is 0 Å². The Kier molecular flexibility index (Phi) is 6.59. The molecule has 0 bridgehead atoms. The maximum absolute atomic E-state index is 12.9. The summed E-state index contributed by atoms with van der Waals surface area (Å²) in [7, 11) is 1.57. The van der Waals surface area contributed by atoms with Crippen molar-refractivity contribution in [1.29, 1.82) is 0 Å². The van der Waals surface area contributed by atoms with Gasteiger partial charge in [0.1, 0.15) is 6.04 Å². The molecule has 0 spiro atoms. The first kappa shape index (κ1) is 19.0. The van der Waals surface area contributed by atoms with Gasteiger partial charge in [-0.2, -0.15) is 0 Å². The first-order chi connectivity index (χ1) is 11.9. The number of hydrogen-bond acceptors (Lipinski definition) is 2. The molecule has 0 aliphatic carbocycles. The Labute approximate surface area is 153 Å². The Morgan fingerprint density at radius 3 is 2.44 bits per heavy atom. The monoisotopic (exact) mass is 358 g/mol. The fourth-order valence-electron chi connectivity index (χ4n) is 2.72. The third-order valence-electron chi connectivity index (χ3n) is 4.09. The second kappa shape index (κ2) is 8.67. The van der Waals surface area contributed by atoms with Gasteiger partial charge in [-0.1, -0.05) is 53.6 Å². The third-order valence-corrected chi connectivity index (χ3v) is 4.33. The van der Waals surface area contributed by atoms with Crippen molar-refractivity contribution < 1.29 is 9.59 Å². The van der Waals surface area contributed by atoms with E-state index >= 15 is 0 Å². The number of nitrogens with one attached hydrogen (secondary N) is 1. The van der Waals surface area contributed by atoms with Crippen LogP contribution in [0.3, 0.4) is 0 Å². The van der Waals surface area contributed by atoms with Crippen LogP contribution in [-0.2, 0) is 22.6 Å². The lowest BCUT2D eigenvalue weighted by atomic mass is 10.1. The maximum atomic E-state index is 12.9. The first-order valence-electron chi connectivity index (χ1n) is 8.21. The van der Waals surface area contributed by atoms with Crippen molar-refractivity contribution in [2.24, 2.45) is 0 Å². The Balaban J connectivity index is 2.23. The molecule has 4 nitrogen and oxygen atoms in total. The highest BCUT2D eigenvalue weighted by Gasteiger charge is 2.25. The number of benzene rings is 2. The highest BCUT2D eigenvalue weighted by Crippen LogP contribution is 2.16. The minimum atomic E-state index is -0.558. The van der Waals surface area contributed by atoms with Gasteiger partial charge in [0.15, 0.2) is 0 Å². The third kappa shape index (κ3) is 5.33. The molecule has 25 heavy (non-hydrogen) atoms. The second-order valence-electron chi connectivity index (χ2n) is 6.11. The van der Waals surface area contributed by atoms with Crippen molar-refractivity contribution in [3.05, 3.63) is 70.2 Å². The van der Waals surface area contributed by atoms with E-state index in [1.165, 1.54) is 0 Å². The molecule has 2 aromatic rings. The van der Waals surface area contributed by atoms with E-state index in [4.69, 9.17) is 11.6 Å². The minimum absolute atomic E-state index is 0.111. The van der Waals surface area contributed by atoms with Gasteiger partial charge in [-0.05, 0) is 37.1 Å². The van der Waals surface area contributed by atoms with Crippen molar-refractivity contribution in [3.8, 4) is 0 Å². The largest absolute Gasteiger partial charge is 0.357 e. The summed E-state index contributed by atoms with van der Waals surface area (Å²) in [4.78, 5) is 26.6. The van der Waals surface area contributed by atoms with Crippen LogP contribution >= 0.6 is 11.6 Å². The summed E-state index contributed by atoms with van der Waals surface area (Å²) >= 11 is 6.00. The number of nitrogens with zero attached hydrogens (tertiary/aromatic N) is 1. The summed E-state index contributed by atoms with van der Waals surface area (Å²) < 4.78 is 0. The van der Waals surface area contributed by atoms with Crippen molar-refractivity contribution >= 4 is 23.4 Å². The van der Waals surface area contributed by atoms with E-state index in [0.717, 1.165) is 16.7 Å². The van der Waals surface area contributed by atoms with Gasteiger partial charge < -0.3 is 10.2 Å². The van der Waals surface area contributed by atoms with Crippen LogP contribution in [0.2, 0.25) is 5.02 Å². The number of halogens is 1. The van der Waals surface area contributed by atoms with Gasteiger partial charge in [0, 0.05) is 18.6 Å². The molecule has 1 unspecified atom stereocenters. The smallest absolute Gasteiger partial charge is 0.242 e. The molecule has 0 saturated heterocycles. The predicted octanol–water partition coefficient (Wildman–Crippen LogP) is 3.35. The van der Waals surface area contributed by atoms with E-state index in [9.17, 15) is 9.59 Å². The Bertz CT molecular complexity index is 761. The van der Waals surface area contributed by atoms with Crippen LogP contribution in [0.25, 0.3) is 0 Å². The van der Waals surface area contributed by atoms with E-state index < -0.39 is 6.04 Å². The number of likely N-dealkylation sites (N-methyl/N-ethyl adjacent to an activating group) is 1. The molecule has 2 aromatic carbocycles. The van der Waals surface area contributed by atoms with Crippen molar-refractivity contribution in [2.75, 3.05) is 7.05 Å². The minimum Gasteiger partial charge on any atom is -0.357 e. The van der Waals surface area contributed by atoms with E-state index in [0.29, 0.717) is 11.6 Å². The van der Waals surface area contributed by atoms with Gasteiger partial charge in [0.2, 0.25) is 11.8 Å². The van der Waals surface area contributed by atoms with Crippen LogP contribution in [-0.4, -0.2) is 29.8 Å². The zero-order valence-electron chi connectivity index (χ0n) is 14.8. The lowest BCUT2D eigenvalue weighted by Crippen LogP contribution is -2.47. The lowest BCUT2D eigenvalue weighted by molar-refractivity contribution is -0.139. The van der Waals surface area contributed by atoms with Crippen molar-refractivity contribution in [1.82, 2.24) is 10.2 Å². The number of amides is 2.